The first-order valence-electron chi connectivity index (χ1n) is 6.74. The smallest absolute Gasteiger partial charge is 0.188 e. The largest absolute Gasteiger partial charge is 0.380 e. The summed E-state index contributed by atoms with van der Waals surface area (Å²) in [5.74, 6) is 1.12. The minimum Gasteiger partial charge on any atom is -0.380 e. The summed E-state index contributed by atoms with van der Waals surface area (Å²) >= 11 is 1.60. The van der Waals surface area contributed by atoms with Crippen LogP contribution in [-0.4, -0.2) is 10.1 Å². The average Bonchev–Trinajstić information content (AvgIpc) is 2.95. The van der Waals surface area contributed by atoms with Gasteiger partial charge in [-0.1, -0.05) is 23.4 Å². The molecule has 3 aromatic rings. The maximum Gasteiger partial charge on any atom is 0.188 e. The van der Waals surface area contributed by atoms with Gasteiger partial charge in [0.25, 0.3) is 0 Å². The molecule has 0 aliphatic carbocycles. The van der Waals surface area contributed by atoms with Crippen molar-refractivity contribution in [1.82, 2.24) is 10.1 Å². The summed E-state index contributed by atoms with van der Waals surface area (Å²) in [4.78, 5) is 5.44. The lowest BCUT2D eigenvalue weighted by atomic mass is 10.00. The van der Waals surface area contributed by atoms with Crippen molar-refractivity contribution >= 4 is 17.2 Å². The highest BCUT2D eigenvalue weighted by Gasteiger charge is 2.21. The summed E-state index contributed by atoms with van der Waals surface area (Å²) in [6, 6.07) is 6.26. The number of nitrogens with two attached hydrogens (primary N) is 1. The van der Waals surface area contributed by atoms with E-state index >= 15 is 0 Å². The molecule has 4 nitrogen and oxygen atoms in total. The number of aromatic nitrogens is 2. The fraction of sp³-hybridized carbons (Fsp3) is 0.250. The van der Waals surface area contributed by atoms with Crippen LogP contribution in [0.1, 0.15) is 21.8 Å². The maximum atomic E-state index is 6.04. The van der Waals surface area contributed by atoms with E-state index in [1.807, 2.05) is 13.8 Å². The van der Waals surface area contributed by atoms with Crippen LogP contribution < -0.4 is 5.73 Å². The Hall–Kier alpha value is -2.14. The van der Waals surface area contributed by atoms with Crippen LogP contribution in [0, 0.1) is 27.7 Å². The summed E-state index contributed by atoms with van der Waals surface area (Å²) in [7, 11) is 0. The van der Waals surface area contributed by atoms with Gasteiger partial charge < -0.3 is 10.3 Å². The lowest BCUT2D eigenvalue weighted by Crippen LogP contribution is -1.90. The van der Waals surface area contributed by atoms with E-state index in [0.717, 1.165) is 26.7 Å². The molecule has 2 heterocycles. The van der Waals surface area contributed by atoms with Gasteiger partial charge in [0.05, 0.1) is 21.1 Å². The number of anilines is 1. The SMILES string of the molecule is Cc1nc(C)c(-c2onc(N)c2-c2ccc(C)c(C)c2)s1. The van der Waals surface area contributed by atoms with Crippen LogP contribution in [0.5, 0.6) is 0 Å². The first-order valence-corrected chi connectivity index (χ1v) is 7.56. The molecule has 0 saturated heterocycles. The summed E-state index contributed by atoms with van der Waals surface area (Å²) in [6.45, 7) is 8.14. The molecule has 0 fully saturated rings. The molecule has 0 aliphatic rings. The van der Waals surface area contributed by atoms with Gasteiger partial charge in [0, 0.05) is 0 Å². The molecule has 1 aromatic carbocycles. The molecule has 5 heteroatoms. The second-order valence-corrected chi connectivity index (χ2v) is 6.42. The van der Waals surface area contributed by atoms with Gasteiger partial charge in [-0.25, -0.2) is 4.98 Å². The van der Waals surface area contributed by atoms with Crippen LogP contribution in [0.2, 0.25) is 0 Å². The van der Waals surface area contributed by atoms with E-state index < -0.39 is 0 Å². The minimum absolute atomic E-state index is 0.415. The van der Waals surface area contributed by atoms with Crippen molar-refractivity contribution in [1.29, 1.82) is 0 Å². The molecule has 0 saturated carbocycles. The number of rotatable bonds is 2. The van der Waals surface area contributed by atoms with Crippen LogP contribution >= 0.6 is 11.3 Å². The molecule has 3 rings (SSSR count). The zero-order valence-electron chi connectivity index (χ0n) is 12.5. The molecule has 0 aliphatic heterocycles. The monoisotopic (exact) mass is 299 g/mol. The van der Waals surface area contributed by atoms with E-state index in [-0.39, 0.29) is 0 Å². The molecule has 2 N–H and O–H groups in total. The van der Waals surface area contributed by atoms with Crippen molar-refractivity contribution in [2.75, 3.05) is 5.73 Å². The van der Waals surface area contributed by atoms with Gasteiger partial charge in [0.2, 0.25) is 0 Å². The van der Waals surface area contributed by atoms with Crippen LogP contribution in [-0.2, 0) is 0 Å². The Morgan fingerprint density at radius 1 is 1.10 bits per heavy atom. The highest BCUT2D eigenvalue weighted by Crippen LogP contribution is 2.40. The van der Waals surface area contributed by atoms with E-state index in [0.29, 0.717) is 11.6 Å². The molecule has 0 bridgehead atoms. The Morgan fingerprint density at radius 2 is 1.86 bits per heavy atom. The predicted molar refractivity (Wildman–Crippen MR) is 86.4 cm³/mol. The van der Waals surface area contributed by atoms with Crippen molar-refractivity contribution in [3.63, 3.8) is 0 Å². The highest BCUT2D eigenvalue weighted by molar-refractivity contribution is 7.15. The number of benzene rings is 1. The van der Waals surface area contributed by atoms with Crippen LogP contribution in [0.3, 0.4) is 0 Å². The highest BCUT2D eigenvalue weighted by atomic mass is 32.1. The van der Waals surface area contributed by atoms with E-state index in [2.05, 4.69) is 42.2 Å². The second-order valence-electron chi connectivity index (χ2n) is 5.22. The van der Waals surface area contributed by atoms with Crippen molar-refractivity contribution in [3.05, 3.63) is 40.0 Å². The van der Waals surface area contributed by atoms with Crippen molar-refractivity contribution in [3.8, 4) is 21.8 Å². The molecule has 0 spiro atoms. The van der Waals surface area contributed by atoms with E-state index in [1.165, 1.54) is 11.1 Å². The van der Waals surface area contributed by atoms with Crippen LogP contribution in [0.4, 0.5) is 5.82 Å². The summed E-state index contributed by atoms with van der Waals surface area (Å²) < 4.78 is 5.50. The van der Waals surface area contributed by atoms with Gasteiger partial charge in [0.15, 0.2) is 11.6 Å². The molecule has 21 heavy (non-hydrogen) atoms. The standard InChI is InChI=1S/C16H17N3OS/c1-8-5-6-12(7-9(8)2)13-14(20-19-16(13)17)15-10(3)18-11(4)21-15/h5-7H,1-4H3,(H2,17,19). The van der Waals surface area contributed by atoms with E-state index in [4.69, 9.17) is 10.3 Å². The average molecular weight is 299 g/mol. The minimum atomic E-state index is 0.415. The van der Waals surface area contributed by atoms with E-state index in [9.17, 15) is 0 Å². The normalized spacial score (nSPS) is 11.0. The molecule has 0 atom stereocenters. The zero-order chi connectivity index (χ0) is 15.1. The van der Waals surface area contributed by atoms with Gasteiger partial charge >= 0.3 is 0 Å². The lowest BCUT2D eigenvalue weighted by Gasteiger charge is -2.05. The van der Waals surface area contributed by atoms with Gasteiger partial charge in [-0.2, -0.15) is 0 Å². The van der Waals surface area contributed by atoms with Gasteiger partial charge in [-0.15, -0.1) is 11.3 Å². The predicted octanol–water partition coefficient (Wildman–Crippen LogP) is 4.28. The maximum absolute atomic E-state index is 6.04. The topological polar surface area (TPSA) is 64.9 Å². The number of hydrogen-bond acceptors (Lipinski definition) is 5. The third-order valence-corrected chi connectivity index (χ3v) is 4.70. The Balaban J connectivity index is 2.21. The van der Waals surface area contributed by atoms with Crippen molar-refractivity contribution in [2.45, 2.75) is 27.7 Å². The Morgan fingerprint density at radius 3 is 2.48 bits per heavy atom. The molecule has 0 radical (unpaired) electrons. The van der Waals surface area contributed by atoms with Crippen molar-refractivity contribution < 1.29 is 4.52 Å². The third kappa shape index (κ3) is 2.34. The Bertz CT molecular complexity index is 817. The summed E-state index contributed by atoms with van der Waals surface area (Å²) in [5, 5.41) is 4.96. The number of thiazole rings is 1. The lowest BCUT2D eigenvalue weighted by molar-refractivity contribution is 0.436. The molecule has 0 unspecified atom stereocenters. The van der Waals surface area contributed by atoms with Gasteiger partial charge in [-0.05, 0) is 44.4 Å². The van der Waals surface area contributed by atoms with Gasteiger partial charge in [0.1, 0.15) is 0 Å². The van der Waals surface area contributed by atoms with Crippen LogP contribution in [0.15, 0.2) is 22.7 Å². The molecule has 0 amide bonds. The number of hydrogen-bond donors (Lipinski definition) is 1. The second kappa shape index (κ2) is 5.00. The molecule has 108 valence electrons. The quantitative estimate of drug-likeness (QED) is 0.767. The molecular weight excluding hydrogens is 282 g/mol. The summed E-state index contributed by atoms with van der Waals surface area (Å²) in [6.07, 6.45) is 0. The number of aryl methyl sites for hydroxylation is 4. The number of nitrogen functional groups attached to an aromatic ring is 1. The Kier molecular flexibility index (Phi) is 3.29. The fourth-order valence-electron chi connectivity index (χ4n) is 2.38. The molecular formula is C16H17N3OS. The zero-order valence-corrected chi connectivity index (χ0v) is 13.3. The molecule has 2 aromatic heterocycles. The first kappa shape index (κ1) is 13.8. The third-order valence-electron chi connectivity index (χ3n) is 3.62. The summed E-state index contributed by atoms with van der Waals surface area (Å²) in [5.41, 5.74) is 11.3. The van der Waals surface area contributed by atoms with E-state index in [1.54, 1.807) is 11.3 Å². The Labute approximate surface area is 127 Å². The van der Waals surface area contributed by atoms with Crippen molar-refractivity contribution in [2.24, 2.45) is 0 Å². The first-order chi connectivity index (χ1) is 9.97. The number of nitrogens with zero attached hydrogens (tertiary/aromatic N) is 2. The van der Waals surface area contributed by atoms with Gasteiger partial charge in [-0.3, -0.25) is 0 Å². The fourth-order valence-corrected chi connectivity index (χ4v) is 3.28. The van der Waals surface area contributed by atoms with Crippen LogP contribution in [0.25, 0.3) is 21.8 Å².